The van der Waals surface area contributed by atoms with Crippen LogP contribution >= 0.6 is 0 Å². The smallest absolute Gasteiger partial charge is 0.185 e. The van der Waals surface area contributed by atoms with Crippen LogP contribution in [0.25, 0.3) is 0 Å². The van der Waals surface area contributed by atoms with Gasteiger partial charge in [-0.05, 0) is 25.1 Å². The summed E-state index contributed by atoms with van der Waals surface area (Å²) in [4.78, 5) is 1.66. The summed E-state index contributed by atoms with van der Waals surface area (Å²) in [5.41, 5.74) is 2.40. The molecule has 1 aromatic heterocycles. The molecule has 1 heterocycles. The number of aryl methyl sites for hydroxylation is 1. The summed E-state index contributed by atoms with van der Waals surface area (Å²) in [5, 5.41) is 0. The van der Waals surface area contributed by atoms with Crippen molar-refractivity contribution >= 4 is 10.8 Å². The summed E-state index contributed by atoms with van der Waals surface area (Å²) in [6.45, 7) is 2.81. The van der Waals surface area contributed by atoms with Crippen molar-refractivity contribution < 1.29 is 8.78 Å². The molecule has 0 unspecified atom stereocenters. The molecular weight excluding hydrogens is 290 g/mol. The van der Waals surface area contributed by atoms with E-state index in [0.717, 1.165) is 16.3 Å². The fraction of sp³-hybridized carbons (Fsp3) is 0.105. The van der Waals surface area contributed by atoms with Gasteiger partial charge in [0.15, 0.2) is 18.9 Å². The van der Waals surface area contributed by atoms with Crippen molar-refractivity contribution in [2.24, 2.45) is 0 Å². The second-order valence-electron chi connectivity index (χ2n) is 5.28. The SMILES string of the molecule is Cc1ccc([S@](=O)c2ccc[n+](Cc3ccccc3)c2)cc1. The molecule has 0 N–H and O–H groups in total. The van der Waals surface area contributed by atoms with Crippen LogP contribution in [0, 0.1) is 6.92 Å². The Morgan fingerprint density at radius 2 is 1.59 bits per heavy atom. The fourth-order valence-electron chi connectivity index (χ4n) is 2.30. The number of benzene rings is 2. The van der Waals surface area contributed by atoms with E-state index in [2.05, 4.69) is 16.7 Å². The summed E-state index contributed by atoms with van der Waals surface area (Å²) >= 11 is 0. The lowest BCUT2D eigenvalue weighted by Crippen LogP contribution is -2.33. The molecular formula is C19H18NOS+. The fourth-order valence-corrected chi connectivity index (χ4v) is 3.39. The molecule has 0 amide bonds. The van der Waals surface area contributed by atoms with Crippen LogP contribution in [0.15, 0.2) is 88.9 Å². The van der Waals surface area contributed by atoms with Gasteiger partial charge in [-0.15, -0.1) is 0 Å². The third-order valence-corrected chi connectivity index (χ3v) is 4.86. The summed E-state index contributed by atoms with van der Waals surface area (Å²) in [6, 6.07) is 22.0. The Balaban J connectivity index is 1.84. The molecule has 0 aliphatic heterocycles. The Morgan fingerprint density at radius 3 is 2.32 bits per heavy atom. The highest BCUT2D eigenvalue weighted by molar-refractivity contribution is 7.85. The Labute approximate surface area is 133 Å². The van der Waals surface area contributed by atoms with Crippen LogP contribution < -0.4 is 4.57 Å². The standard InChI is InChI=1S/C19H18NOS/c1-16-9-11-18(12-10-16)22(21)19-8-5-13-20(15-19)14-17-6-3-2-4-7-17/h2-13,15H,14H2,1H3/q+1/t22-/m0/s1. The first-order valence-corrected chi connectivity index (χ1v) is 8.39. The van der Waals surface area contributed by atoms with Crippen LogP contribution in [-0.4, -0.2) is 4.21 Å². The number of hydrogen-bond acceptors (Lipinski definition) is 1. The lowest BCUT2D eigenvalue weighted by Gasteiger charge is -2.03. The van der Waals surface area contributed by atoms with Crippen LogP contribution in [-0.2, 0) is 17.3 Å². The molecule has 2 aromatic carbocycles. The Bertz CT molecular complexity index is 782. The van der Waals surface area contributed by atoms with Crippen LogP contribution in [0.5, 0.6) is 0 Å². The van der Waals surface area contributed by atoms with Gasteiger partial charge >= 0.3 is 0 Å². The van der Waals surface area contributed by atoms with E-state index in [1.807, 2.05) is 73.9 Å². The van der Waals surface area contributed by atoms with Crippen LogP contribution in [0.2, 0.25) is 0 Å². The largest absolute Gasteiger partial charge is 0.249 e. The van der Waals surface area contributed by atoms with E-state index in [1.165, 1.54) is 11.1 Å². The molecule has 0 saturated carbocycles. The van der Waals surface area contributed by atoms with E-state index in [0.29, 0.717) is 0 Å². The summed E-state index contributed by atoms with van der Waals surface area (Å²) < 4.78 is 14.7. The van der Waals surface area contributed by atoms with Crippen LogP contribution in [0.3, 0.4) is 0 Å². The van der Waals surface area contributed by atoms with Gasteiger partial charge in [0, 0.05) is 16.5 Å². The number of aromatic nitrogens is 1. The zero-order valence-electron chi connectivity index (χ0n) is 12.5. The number of hydrogen-bond donors (Lipinski definition) is 0. The van der Waals surface area contributed by atoms with Gasteiger partial charge in [0.1, 0.15) is 4.90 Å². The van der Waals surface area contributed by atoms with E-state index >= 15 is 0 Å². The van der Waals surface area contributed by atoms with Gasteiger partial charge < -0.3 is 0 Å². The highest BCUT2D eigenvalue weighted by atomic mass is 32.2. The second-order valence-corrected chi connectivity index (χ2v) is 6.76. The van der Waals surface area contributed by atoms with E-state index in [-0.39, 0.29) is 0 Å². The van der Waals surface area contributed by atoms with Crippen molar-refractivity contribution in [2.45, 2.75) is 23.3 Å². The molecule has 0 aliphatic carbocycles. The van der Waals surface area contributed by atoms with Crippen molar-refractivity contribution in [3.05, 3.63) is 90.3 Å². The zero-order chi connectivity index (χ0) is 15.4. The number of nitrogens with zero attached hydrogens (tertiary/aromatic N) is 1. The predicted octanol–water partition coefficient (Wildman–Crippen LogP) is 3.50. The lowest BCUT2D eigenvalue weighted by molar-refractivity contribution is -0.690. The molecule has 0 saturated heterocycles. The van der Waals surface area contributed by atoms with E-state index < -0.39 is 10.8 Å². The maximum Gasteiger partial charge on any atom is 0.185 e. The highest BCUT2D eigenvalue weighted by Crippen LogP contribution is 2.15. The maximum atomic E-state index is 12.7. The first-order chi connectivity index (χ1) is 10.7. The summed E-state index contributed by atoms with van der Waals surface area (Å²) in [7, 11) is -1.14. The molecule has 0 aliphatic rings. The molecule has 3 heteroatoms. The second kappa shape index (κ2) is 6.67. The average Bonchev–Trinajstić information content (AvgIpc) is 2.56. The van der Waals surface area contributed by atoms with Crippen molar-refractivity contribution in [1.82, 2.24) is 0 Å². The van der Waals surface area contributed by atoms with Gasteiger partial charge in [0.05, 0.1) is 10.8 Å². The first kappa shape index (κ1) is 14.7. The topological polar surface area (TPSA) is 20.9 Å². The quantitative estimate of drug-likeness (QED) is 0.676. The normalized spacial score (nSPS) is 12.0. The Hall–Kier alpha value is -2.26. The monoisotopic (exact) mass is 308 g/mol. The van der Waals surface area contributed by atoms with Gasteiger partial charge in [-0.1, -0.05) is 48.0 Å². The molecule has 0 bridgehead atoms. The van der Waals surface area contributed by atoms with Gasteiger partial charge in [-0.25, -0.2) is 4.21 Å². The van der Waals surface area contributed by atoms with Crippen molar-refractivity contribution in [2.75, 3.05) is 0 Å². The van der Waals surface area contributed by atoms with Gasteiger partial charge in [-0.3, -0.25) is 0 Å². The minimum Gasteiger partial charge on any atom is -0.249 e. The molecule has 3 rings (SSSR count). The van der Waals surface area contributed by atoms with Crippen molar-refractivity contribution in [3.8, 4) is 0 Å². The summed E-state index contributed by atoms with van der Waals surface area (Å²) in [6.07, 6.45) is 3.96. The van der Waals surface area contributed by atoms with E-state index in [1.54, 1.807) is 0 Å². The van der Waals surface area contributed by atoms with Crippen LogP contribution in [0.1, 0.15) is 11.1 Å². The van der Waals surface area contributed by atoms with Gasteiger partial charge in [0.25, 0.3) is 0 Å². The lowest BCUT2D eigenvalue weighted by atomic mass is 10.2. The minimum absolute atomic E-state index is 0.778. The zero-order valence-corrected chi connectivity index (χ0v) is 13.3. The molecule has 0 radical (unpaired) electrons. The minimum atomic E-state index is -1.14. The number of pyridine rings is 1. The van der Waals surface area contributed by atoms with E-state index in [9.17, 15) is 4.21 Å². The maximum absolute atomic E-state index is 12.7. The third-order valence-electron chi connectivity index (χ3n) is 3.49. The molecule has 0 fully saturated rings. The molecule has 110 valence electrons. The van der Waals surface area contributed by atoms with E-state index in [4.69, 9.17) is 0 Å². The molecule has 3 aromatic rings. The Morgan fingerprint density at radius 1 is 0.864 bits per heavy atom. The molecule has 22 heavy (non-hydrogen) atoms. The predicted molar refractivity (Wildman–Crippen MR) is 88.0 cm³/mol. The van der Waals surface area contributed by atoms with Crippen molar-refractivity contribution in [3.63, 3.8) is 0 Å². The highest BCUT2D eigenvalue weighted by Gasteiger charge is 2.11. The molecule has 2 nitrogen and oxygen atoms in total. The van der Waals surface area contributed by atoms with Crippen LogP contribution in [0.4, 0.5) is 0 Å². The first-order valence-electron chi connectivity index (χ1n) is 7.24. The van der Waals surface area contributed by atoms with Gasteiger partial charge in [-0.2, -0.15) is 4.57 Å². The summed E-state index contributed by atoms with van der Waals surface area (Å²) in [5.74, 6) is 0. The molecule has 0 spiro atoms. The van der Waals surface area contributed by atoms with Crippen molar-refractivity contribution in [1.29, 1.82) is 0 Å². The van der Waals surface area contributed by atoms with Gasteiger partial charge in [0.2, 0.25) is 0 Å². The third kappa shape index (κ3) is 3.49. The Kier molecular flexibility index (Phi) is 4.45. The average molecular weight is 308 g/mol. The molecule has 1 atom stereocenters. The number of rotatable bonds is 4.